The average molecular weight is 249 g/mol. The molecule has 0 spiro atoms. The number of nitrogen functional groups attached to an aromatic ring is 1. The molecule has 1 heterocycles. The topological polar surface area (TPSA) is 63.8 Å². The zero-order valence-electron chi connectivity index (χ0n) is 9.66. The van der Waals surface area contributed by atoms with Crippen LogP contribution in [0.5, 0.6) is 0 Å². The Morgan fingerprint density at radius 2 is 2.00 bits per heavy atom. The third kappa shape index (κ3) is 2.65. The minimum absolute atomic E-state index is 0.158. The number of aromatic nitrogens is 2. The Morgan fingerprint density at radius 1 is 1.24 bits per heavy atom. The van der Waals surface area contributed by atoms with Crippen LogP contribution in [0.2, 0.25) is 5.15 Å². The number of nitrogens with zero attached hydrogens (tertiary/aromatic N) is 2. The number of nitrogens with one attached hydrogen (secondary N) is 1. The molecule has 4 nitrogen and oxygen atoms in total. The lowest BCUT2D eigenvalue weighted by molar-refractivity contribution is 1.18. The van der Waals surface area contributed by atoms with E-state index in [2.05, 4.69) is 28.3 Å². The van der Waals surface area contributed by atoms with Crippen molar-refractivity contribution in [1.29, 1.82) is 0 Å². The summed E-state index contributed by atoms with van der Waals surface area (Å²) < 4.78 is 0. The van der Waals surface area contributed by atoms with Gasteiger partial charge in [-0.2, -0.15) is 4.98 Å². The molecular formula is C12H13ClN4. The van der Waals surface area contributed by atoms with E-state index in [1.165, 1.54) is 11.1 Å². The van der Waals surface area contributed by atoms with Crippen LogP contribution in [0.1, 0.15) is 11.1 Å². The Labute approximate surface area is 105 Å². The number of halogens is 1. The zero-order chi connectivity index (χ0) is 12.4. The molecule has 1 aromatic heterocycles. The smallest absolute Gasteiger partial charge is 0.223 e. The lowest BCUT2D eigenvalue weighted by Gasteiger charge is -2.11. The molecule has 0 fully saturated rings. The molecule has 0 aliphatic carbocycles. The lowest BCUT2D eigenvalue weighted by atomic mass is 10.1. The average Bonchev–Trinajstić information content (AvgIpc) is 2.23. The molecule has 3 N–H and O–H groups in total. The number of nitrogens with two attached hydrogens (primary N) is 1. The highest BCUT2D eigenvalue weighted by Crippen LogP contribution is 2.23. The lowest BCUT2D eigenvalue weighted by Crippen LogP contribution is -2.01. The molecule has 0 unspecified atom stereocenters. The molecule has 0 saturated carbocycles. The zero-order valence-corrected chi connectivity index (χ0v) is 10.4. The van der Waals surface area contributed by atoms with Crippen LogP contribution < -0.4 is 11.1 Å². The fourth-order valence-corrected chi connectivity index (χ4v) is 1.71. The van der Waals surface area contributed by atoms with E-state index in [0.717, 1.165) is 5.69 Å². The van der Waals surface area contributed by atoms with E-state index in [1.54, 1.807) is 6.07 Å². The molecular weight excluding hydrogens is 236 g/mol. The number of anilines is 3. The third-order valence-corrected chi connectivity index (χ3v) is 2.77. The van der Waals surface area contributed by atoms with Crippen LogP contribution in [-0.4, -0.2) is 9.97 Å². The van der Waals surface area contributed by atoms with Gasteiger partial charge in [0.25, 0.3) is 0 Å². The van der Waals surface area contributed by atoms with Crippen molar-refractivity contribution in [2.75, 3.05) is 11.1 Å². The van der Waals surface area contributed by atoms with Gasteiger partial charge < -0.3 is 11.1 Å². The maximum atomic E-state index is 5.82. The normalized spacial score (nSPS) is 10.3. The maximum absolute atomic E-state index is 5.82. The van der Waals surface area contributed by atoms with Crippen molar-refractivity contribution in [3.05, 3.63) is 40.5 Å². The number of aryl methyl sites for hydroxylation is 1. The van der Waals surface area contributed by atoms with Gasteiger partial charge in [-0.25, -0.2) is 4.98 Å². The predicted molar refractivity (Wildman–Crippen MR) is 70.7 cm³/mol. The summed E-state index contributed by atoms with van der Waals surface area (Å²) in [5.74, 6) is 0.751. The van der Waals surface area contributed by atoms with Crippen LogP contribution >= 0.6 is 11.6 Å². The van der Waals surface area contributed by atoms with E-state index in [-0.39, 0.29) is 5.95 Å². The standard InChI is InChI=1S/C12H13ClN4/c1-7-4-3-5-9(8(7)2)15-11-6-10(13)16-12(14)17-11/h3-6H,1-2H3,(H3,14,15,16,17). The highest BCUT2D eigenvalue weighted by atomic mass is 35.5. The number of hydrogen-bond donors (Lipinski definition) is 2. The number of rotatable bonds is 2. The van der Waals surface area contributed by atoms with Crippen LogP contribution in [0.3, 0.4) is 0 Å². The fourth-order valence-electron chi connectivity index (χ4n) is 1.52. The monoisotopic (exact) mass is 248 g/mol. The molecule has 2 aromatic rings. The van der Waals surface area contributed by atoms with Crippen molar-refractivity contribution >= 4 is 29.1 Å². The quantitative estimate of drug-likeness (QED) is 0.802. The molecule has 1 aromatic carbocycles. The van der Waals surface area contributed by atoms with Crippen molar-refractivity contribution < 1.29 is 0 Å². The molecule has 0 aliphatic rings. The van der Waals surface area contributed by atoms with Crippen molar-refractivity contribution in [2.24, 2.45) is 0 Å². The van der Waals surface area contributed by atoms with Gasteiger partial charge in [-0.1, -0.05) is 23.7 Å². The van der Waals surface area contributed by atoms with Gasteiger partial charge in [0.15, 0.2) is 0 Å². The van der Waals surface area contributed by atoms with Crippen LogP contribution in [0, 0.1) is 13.8 Å². The van der Waals surface area contributed by atoms with Crippen LogP contribution in [0.4, 0.5) is 17.5 Å². The second kappa shape index (κ2) is 4.59. The van der Waals surface area contributed by atoms with Gasteiger partial charge in [0.05, 0.1) is 0 Å². The van der Waals surface area contributed by atoms with Crippen molar-refractivity contribution in [3.8, 4) is 0 Å². The van der Waals surface area contributed by atoms with E-state index < -0.39 is 0 Å². The Balaban J connectivity index is 2.34. The van der Waals surface area contributed by atoms with Crippen molar-refractivity contribution in [2.45, 2.75) is 13.8 Å². The summed E-state index contributed by atoms with van der Waals surface area (Å²) in [4.78, 5) is 7.88. The Morgan fingerprint density at radius 3 is 2.71 bits per heavy atom. The first-order chi connectivity index (χ1) is 8.06. The van der Waals surface area contributed by atoms with E-state index in [1.807, 2.05) is 19.1 Å². The van der Waals surface area contributed by atoms with Crippen molar-refractivity contribution in [1.82, 2.24) is 9.97 Å². The molecule has 0 aliphatic heterocycles. The van der Waals surface area contributed by atoms with E-state index in [0.29, 0.717) is 11.0 Å². The second-order valence-electron chi connectivity index (χ2n) is 3.81. The summed E-state index contributed by atoms with van der Waals surface area (Å²) >= 11 is 5.82. The van der Waals surface area contributed by atoms with Gasteiger partial charge in [0.1, 0.15) is 11.0 Å². The van der Waals surface area contributed by atoms with Gasteiger partial charge >= 0.3 is 0 Å². The van der Waals surface area contributed by atoms with Gasteiger partial charge in [0.2, 0.25) is 5.95 Å². The second-order valence-corrected chi connectivity index (χ2v) is 4.19. The molecule has 2 rings (SSSR count). The number of benzene rings is 1. The molecule has 0 amide bonds. The summed E-state index contributed by atoms with van der Waals surface area (Å²) in [5.41, 5.74) is 8.90. The molecule has 0 atom stereocenters. The van der Waals surface area contributed by atoms with Gasteiger partial charge in [-0.05, 0) is 31.0 Å². The van der Waals surface area contributed by atoms with Crippen molar-refractivity contribution in [3.63, 3.8) is 0 Å². The first-order valence-electron chi connectivity index (χ1n) is 5.19. The van der Waals surface area contributed by atoms with E-state index >= 15 is 0 Å². The van der Waals surface area contributed by atoms with Gasteiger partial charge in [0, 0.05) is 11.8 Å². The first kappa shape index (κ1) is 11.7. The summed E-state index contributed by atoms with van der Waals surface area (Å²) in [5, 5.41) is 3.50. The summed E-state index contributed by atoms with van der Waals surface area (Å²) in [6.07, 6.45) is 0. The largest absolute Gasteiger partial charge is 0.368 e. The van der Waals surface area contributed by atoms with E-state index in [9.17, 15) is 0 Å². The predicted octanol–water partition coefficient (Wildman–Crippen LogP) is 3.07. The fraction of sp³-hybridized carbons (Fsp3) is 0.167. The molecule has 0 radical (unpaired) electrons. The minimum Gasteiger partial charge on any atom is -0.368 e. The molecule has 88 valence electrons. The molecule has 0 bridgehead atoms. The van der Waals surface area contributed by atoms with Crippen LogP contribution in [0.15, 0.2) is 24.3 Å². The highest BCUT2D eigenvalue weighted by molar-refractivity contribution is 6.29. The first-order valence-corrected chi connectivity index (χ1v) is 5.57. The Kier molecular flexibility index (Phi) is 3.15. The molecule has 0 saturated heterocycles. The van der Waals surface area contributed by atoms with Crippen LogP contribution in [0.25, 0.3) is 0 Å². The van der Waals surface area contributed by atoms with Gasteiger partial charge in [-0.15, -0.1) is 0 Å². The minimum atomic E-state index is 0.158. The highest BCUT2D eigenvalue weighted by Gasteiger charge is 2.04. The Bertz CT molecular complexity index is 534. The van der Waals surface area contributed by atoms with Gasteiger partial charge in [-0.3, -0.25) is 0 Å². The van der Waals surface area contributed by atoms with E-state index in [4.69, 9.17) is 17.3 Å². The Hall–Kier alpha value is -1.81. The summed E-state index contributed by atoms with van der Waals surface area (Å²) in [6, 6.07) is 7.66. The SMILES string of the molecule is Cc1cccc(Nc2cc(Cl)nc(N)n2)c1C. The molecule has 17 heavy (non-hydrogen) atoms. The van der Waals surface area contributed by atoms with Crippen LogP contribution in [-0.2, 0) is 0 Å². The third-order valence-electron chi connectivity index (χ3n) is 2.58. The number of hydrogen-bond acceptors (Lipinski definition) is 4. The summed E-state index contributed by atoms with van der Waals surface area (Å²) in [6.45, 7) is 4.10. The molecule has 5 heteroatoms. The maximum Gasteiger partial charge on any atom is 0.223 e. The summed E-state index contributed by atoms with van der Waals surface area (Å²) in [7, 11) is 0.